The van der Waals surface area contributed by atoms with Crippen molar-refractivity contribution in [3.63, 3.8) is 0 Å². The Morgan fingerprint density at radius 1 is 0.909 bits per heavy atom. The monoisotopic (exact) mass is 443 g/mol. The number of hydrogen-bond acceptors (Lipinski definition) is 4. The Morgan fingerprint density at radius 3 is 2.21 bits per heavy atom. The van der Waals surface area contributed by atoms with Crippen molar-refractivity contribution in [2.45, 2.75) is 26.3 Å². The molecular formula is C26H29N5O2. The van der Waals surface area contributed by atoms with Crippen molar-refractivity contribution in [1.29, 1.82) is 0 Å². The smallest absolute Gasteiger partial charge is 0.323 e. The topological polar surface area (TPSA) is 86.4 Å². The van der Waals surface area contributed by atoms with Gasteiger partial charge in [-0.3, -0.25) is 4.79 Å². The Bertz CT molecular complexity index is 1060. The van der Waals surface area contributed by atoms with Crippen LogP contribution in [0.3, 0.4) is 0 Å². The molecule has 0 unspecified atom stereocenters. The zero-order valence-corrected chi connectivity index (χ0v) is 18.8. The Balaban J connectivity index is 1.25. The van der Waals surface area contributed by atoms with E-state index >= 15 is 0 Å². The highest BCUT2D eigenvalue weighted by molar-refractivity contribution is 6.00. The minimum atomic E-state index is -0.339. The number of rotatable bonds is 6. The van der Waals surface area contributed by atoms with Gasteiger partial charge in [0.05, 0.1) is 0 Å². The van der Waals surface area contributed by atoms with Crippen molar-refractivity contribution in [3.8, 4) is 0 Å². The largest absolute Gasteiger partial charge is 0.357 e. The van der Waals surface area contributed by atoms with Gasteiger partial charge in [-0.05, 0) is 66.8 Å². The molecule has 0 radical (unpaired) electrons. The lowest BCUT2D eigenvalue weighted by molar-refractivity contribution is 0.0951. The molecule has 2 heterocycles. The third kappa shape index (κ3) is 6.32. The number of piperidine rings is 1. The fourth-order valence-electron chi connectivity index (χ4n) is 3.75. The molecule has 3 aromatic rings. The molecule has 1 aromatic heterocycles. The number of benzene rings is 2. The van der Waals surface area contributed by atoms with Gasteiger partial charge < -0.3 is 20.9 Å². The van der Waals surface area contributed by atoms with E-state index in [1.807, 2.05) is 48.7 Å². The third-order valence-corrected chi connectivity index (χ3v) is 5.81. The van der Waals surface area contributed by atoms with E-state index in [2.05, 4.69) is 32.8 Å². The van der Waals surface area contributed by atoms with E-state index in [0.29, 0.717) is 23.5 Å². The van der Waals surface area contributed by atoms with Gasteiger partial charge in [-0.15, -0.1) is 0 Å². The van der Waals surface area contributed by atoms with E-state index in [0.717, 1.165) is 30.4 Å². The molecule has 1 saturated heterocycles. The maximum atomic E-state index is 12.5. The van der Waals surface area contributed by atoms with Crippen molar-refractivity contribution >= 4 is 29.1 Å². The lowest BCUT2D eigenvalue weighted by Gasteiger charge is -2.31. The van der Waals surface area contributed by atoms with Crippen LogP contribution in [0, 0.1) is 5.92 Å². The number of aromatic nitrogens is 1. The van der Waals surface area contributed by atoms with E-state index in [9.17, 15) is 9.59 Å². The summed E-state index contributed by atoms with van der Waals surface area (Å²) in [4.78, 5) is 31.5. The Hall–Kier alpha value is -3.87. The molecule has 33 heavy (non-hydrogen) atoms. The number of carbonyl (C=O) groups is 2. The van der Waals surface area contributed by atoms with E-state index in [4.69, 9.17) is 0 Å². The number of pyridine rings is 1. The predicted octanol–water partition coefficient (Wildman–Crippen LogP) is 4.89. The highest BCUT2D eigenvalue weighted by atomic mass is 16.2. The average Bonchev–Trinajstić information content (AvgIpc) is 2.84. The fraction of sp³-hybridized carbons (Fsp3) is 0.269. The first-order valence-corrected chi connectivity index (χ1v) is 11.3. The number of nitrogens with one attached hydrogen (secondary N) is 3. The van der Waals surface area contributed by atoms with Crippen LogP contribution in [-0.4, -0.2) is 30.0 Å². The molecule has 0 atom stereocenters. The summed E-state index contributed by atoms with van der Waals surface area (Å²) in [6, 6.07) is 19.7. The first-order chi connectivity index (χ1) is 16.1. The zero-order valence-electron chi connectivity index (χ0n) is 18.8. The first kappa shape index (κ1) is 22.3. The number of anilines is 3. The molecule has 4 rings (SSSR count). The van der Waals surface area contributed by atoms with Crippen LogP contribution in [0.2, 0.25) is 0 Å². The van der Waals surface area contributed by atoms with Crippen LogP contribution in [0.15, 0.2) is 72.9 Å². The minimum Gasteiger partial charge on any atom is -0.357 e. The number of amides is 3. The van der Waals surface area contributed by atoms with Crippen LogP contribution in [-0.2, 0) is 6.54 Å². The summed E-state index contributed by atoms with van der Waals surface area (Å²) in [5, 5.41) is 8.43. The predicted molar refractivity (Wildman–Crippen MR) is 132 cm³/mol. The van der Waals surface area contributed by atoms with E-state index in [1.54, 1.807) is 24.3 Å². The molecule has 1 aliphatic rings. The SMILES string of the molecule is CC1CCN(c2ccc(CNC(=O)c3ccc(NC(=O)Nc4ccccc4)cc3)cn2)CC1. The van der Waals surface area contributed by atoms with Gasteiger partial charge >= 0.3 is 6.03 Å². The maximum absolute atomic E-state index is 12.5. The van der Waals surface area contributed by atoms with E-state index in [1.165, 1.54) is 12.8 Å². The number of urea groups is 1. The minimum absolute atomic E-state index is 0.176. The molecule has 7 heteroatoms. The molecule has 0 aliphatic carbocycles. The van der Waals surface area contributed by atoms with Gasteiger partial charge in [0, 0.05) is 42.8 Å². The standard InChI is InChI=1S/C26H29N5O2/c1-19-13-15-31(16-14-19)24-12-7-20(17-27-24)18-28-25(32)21-8-10-23(11-9-21)30-26(33)29-22-5-3-2-4-6-22/h2-12,17,19H,13-16,18H2,1H3,(H,28,32)(H2,29,30,33). The maximum Gasteiger partial charge on any atom is 0.323 e. The molecule has 0 bridgehead atoms. The second-order valence-electron chi connectivity index (χ2n) is 8.40. The van der Waals surface area contributed by atoms with Gasteiger partial charge in [0.1, 0.15) is 5.82 Å². The highest BCUT2D eigenvalue weighted by Gasteiger charge is 2.16. The molecule has 3 amide bonds. The normalized spacial score (nSPS) is 13.9. The Morgan fingerprint density at radius 2 is 1.58 bits per heavy atom. The van der Waals surface area contributed by atoms with Gasteiger partial charge in [0.2, 0.25) is 0 Å². The molecule has 0 saturated carbocycles. The molecular weight excluding hydrogens is 414 g/mol. The average molecular weight is 444 g/mol. The van der Waals surface area contributed by atoms with Crippen LogP contribution in [0.4, 0.5) is 22.0 Å². The van der Waals surface area contributed by atoms with Crippen LogP contribution in [0.1, 0.15) is 35.7 Å². The second kappa shape index (κ2) is 10.6. The van der Waals surface area contributed by atoms with E-state index in [-0.39, 0.29) is 11.9 Å². The second-order valence-corrected chi connectivity index (χ2v) is 8.40. The quantitative estimate of drug-likeness (QED) is 0.506. The van der Waals surface area contributed by atoms with Crippen molar-refractivity contribution in [3.05, 3.63) is 84.1 Å². The molecule has 0 spiro atoms. The van der Waals surface area contributed by atoms with Crippen molar-refractivity contribution in [2.75, 3.05) is 28.6 Å². The van der Waals surface area contributed by atoms with Crippen LogP contribution in [0.5, 0.6) is 0 Å². The number of nitrogens with zero attached hydrogens (tertiary/aromatic N) is 2. The summed E-state index contributed by atoms with van der Waals surface area (Å²) >= 11 is 0. The molecule has 2 aromatic carbocycles. The van der Waals surface area contributed by atoms with Crippen molar-refractivity contribution < 1.29 is 9.59 Å². The Labute approximate surface area is 194 Å². The number of para-hydroxylation sites is 1. The van der Waals surface area contributed by atoms with Crippen molar-refractivity contribution in [1.82, 2.24) is 10.3 Å². The van der Waals surface area contributed by atoms with Gasteiger partial charge in [-0.25, -0.2) is 9.78 Å². The van der Waals surface area contributed by atoms with Gasteiger partial charge in [-0.1, -0.05) is 31.2 Å². The molecule has 3 N–H and O–H groups in total. The lowest BCUT2D eigenvalue weighted by atomic mass is 9.99. The summed E-state index contributed by atoms with van der Waals surface area (Å²) in [6.07, 6.45) is 4.23. The Kier molecular flexibility index (Phi) is 7.19. The third-order valence-electron chi connectivity index (χ3n) is 5.81. The van der Waals surface area contributed by atoms with Crippen LogP contribution < -0.4 is 20.9 Å². The van der Waals surface area contributed by atoms with E-state index < -0.39 is 0 Å². The van der Waals surface area contributed by atoms with Crippen LogP contribution in [0.25, 0.3) is 0 Å². The summed E-state index contributed by atoms with van der Waals surface area (Å²) in [6.45, 7) is 4.79. The lowest BCUT2D eigenvalue weighted by Crippen LogP contribution is -2.33. The van der Waals surface area contributed by atoms with Gasteiger partial charge in [-0.2, -0.15) is 0 Å². The first-order valence-electron chi connectivity index (χ1n) is 11.3. The van der Waals surface area contributed by atoms with Crippen molar-refractivity contribution in [2.24, 2.45) is 5.92 Å². The van der Waals surface area contributed by atoms with Gasteiger partial charge in [0.25, 0.3) is 5.91 Å². The molecule has 1 aliphatic heterocycles. The number of hydrogen-bond donors (Lipinski definition) is 3. The van der Waals surface area contributed by atoms with Crippen LogP contribution >= 0.6 is 0 Å². The summed E-state index contributed by atoms with van der Waals surface area (Å²) in [7, 11) is 0. The molecule has 1 fully saturated rings. The summed E-state index contributed by atoms with van der Waals surface area (Å²) in [5.41, 5.74) is 2.79. The molecule has 7 nitrogen and oxygen atoms in total. The number of carbonyl (C=O) groups excluding carboxylic acids is 2. The highest BCUT2D eigenvalue weighted by Crippen LogP contribution is 2.21. The summed E-state index contributed by atoms with van der Waals surface area (Å²) in [5.74, 6) is 1.60. The summed E-state index contributed by atoms with van der Waals surface area (Å²) < 4.78 is 0. The van der Waals surface area contributed by atoms with Gasteiger partial charge in [0.15, 0.2) is 0 Å². The fourth-order valence-corrected chi connectivity index (χ4v) is 3.75. The zero-order chi connectivity index (χ0) is 23.0. The molecule has 170 valence electrons.